The van der Waals surface area contributed by atoms with Gasteiger partial charge in [0.15, 0.2) is 5.65 Å². The van der Waals surface area contributed by atoms with Gasteiger partial charge < -0.3 is 20.1 Å². The standard InChI is InChI=1S/C28H30N6O3/c35-25-4-2-1-3-21(25)24-13-22-23(16-29-26(22)33-32-24)18-9-11-34(12-10-18)28-30-14-20(15-31-28)17-5-7-19(8-6-17)27(36)37/h1-4,13-19,35H,5-12H2,(H,29,33)(H,36,37)/t17-,19-. The molecule has 2 fully saturated rings. The lowest BCUT2D eigenvalue weighted by Gasteiger charge is -2.32. The SMILES string of the molecule is O=C(O)[C@H]1CC[C@H](c2cnc(N3CCC(c4c[nH]c5nnc(-c6ccccc6O)cc45)CC3)nc2)CC1. The number of fused-ring (bicyclic) bond motifs is 1. The summed E-state index contributed by atoms with van der Waals surface area (Å²) >= 11 is 0. The molecular weight excluding hydrogens is 468 g/mol. The maximum Gasteiger partial charge on any atom is 0.306 e. The van der Waals surface area contributed by atoms with Gasteiger partial charge in [-0.1, -0.05) is 12.1 Å². The molecule has 0 bridgehead atoms. The molecule has 4 aromatic rings. The lowest BCUT2D eigenvalue weighted by Crippen LogP contribution is -2.34. The van der Waals surface area contributed by atoms with Gasteiger partial charge in [0.2, 0.25) is 5.95 Å². The van der Waals surface area contributed by atoms with E-state index in [2.05, 4.69) is 30.0 Å². The summed E-state index contributed by atoms with van der Waals surface area (Å²) in [6.07, 6.45) is 11.1. The summed E-state index contributed by atoms with van der Waals surface area (Å²) in [5.41, 5.74) is 4.44. The highest BCUT2D eigenvalue weighted by atomic mass is 16.4. The second kappa shape index (κ2) is 9.80. The van der Waals surface area contributed by atoms with Crippen LogP contribution in [0.15, 0.2) is 48.9 Å². The van der Waals surface area contributed by atoms with E-state index in [0.717, 1.165) is 74.2 Å². The number of para-hydroxylation sites is 1. The zero-order valence-electron chi connectivity index (χ0n) is 20.5. The highest BCUT2D eigenvalue weighted by Crippen LogP contribution is 2.37. The molecule has 37 heavy (non-hydrogen) atoms. The zero-order chi connectivity index (χ0) is 25.4. The first kappa shape index (κ1) is 23.4. The summed E-state index contributed by atoms with van der Waals surface area (Å²) in [5.74, 6) is 0.802. The van der Waals surface area contributed by atoms with Crippen molar-refractivity contribution in [1.82, 2.24) is 25.1 Å². The third-order valence-corrected chi connectivity index (χ3v) is 8.07. The Morgan fingerprint density at radius 1 is 0.946 bits per heavy atom. The van der Waals surface area contributed by atoms with Crippen LogP contribution in [-0.4, -0.2) is 54.4 Å². The number of carboxylic acids is 1. The van der Waals surface area contributed by atoms with Crippen LogP contribution in [0.5, 0.6) is 5.75 Å². The second-order valence-corrected chi connectivity index (χ2v) is 10.2. The van der Waals surface area contributed by atoms with Crippen LogP contribution >= 0.6 is 0 Å². The molecule has 0 unspecified atom stereocenters. The van der Waals surface area contributed by atoms with Gasteiger partial charge in [0, 0.05) is 42.6 Å². The Kier molecular flexibility index (Phi) is 6.20. The van der Waals surface area contributed by atoms with Crippen LogP contribution in [0.3, 0.4) is 0 Å². The summed E-state index contributed by atoms with van der Waals surface area (Å²) in [7, 11) is 0. The Hall–Kier alpha value is -4.01. The summed E-state index contributed by atoms with van der Waals surface area (Å²) in [5, 5.41) is 29.2. The molecule has 0 atom stereocenters. The largest absolute Gasteiger partial charge is 0.507 e. The van der Waals surface area contributed by atoms with Crippen LogP contribution in [0.25, 0.3) is 22.3 Å². The minimum absolute atomic E-state index is 0.195. The smallest absolute Gasteiger partial charge is 0.306 e. The average molecular weight is 499 g/mol. The van der Waals surface area contributed by atoms with Crippen LogP contribution in [0.2, 0.25) is 0 Å². The quantitative estimate of drug-likeness (QED) is 0.356. The van der Waals surface area contributed by atoms with Crippen molar-refractivity contribution in [2.75, 3.05) is 18.0 Å². The number of carboxylic acid groups (broad SMARTS) is 1. The van der Waals surface area contributed by atoms with Gasteiger partial charge in [-0.05, 0) is 79.7 Å². The predicted octanol–water partition coefficient (Wildman–Crippen LogP) is 4.86. The van der Waals surface area contributed by atoms with E-state index < -0.39 is 5.97 Å². The number of hydrogen-bond acceptors (Lipinski definition) is 7. The minimum Gasteiger partial charge on any atom is -0.507 e. The second-order valence-electron chi connectivity index (χ2n) is 10.2. The first-order chi connectivity index (χ1) is 18.1. The number of aromatic hydroxyl groups is 1. The van der Waals surface area contributed by atoms with Crippen molar-refractivity contribution in [3.63, 3.8) is 0 Å². The summed E-state index contributed by atoms with van der Waals surface area (Å²) in [4.78, 5) is 26.1. The number of phenolic OH excluding ortho intramolecular Hbond substituents is 1. The van der Waals surface area contributed by atoms with Crippen molar-refractivity contribution in [1.29, 1.82) is 0 Å². The first-order valence-electron chi connectivity index (χ1n) is 13.0. The summed E-state index contributed by atoms with van der Waals surface area (Å²) in [6.45, 7) is 1.73. The van der Waals surface area contributed by atoms with Crippen LogP contribution in [0.1, 0.15) is 61.5 Å². The van der Waals surface area contributed by atoms with Crippen LogP contribution in [-0.2, 0) is 4.79 Å². The number of aliphatic carboxylic acids is 1. The van der Waals surface area contributed by atoms with Crippen molar-refractivity contribution in [3.05, 3.63) is 60.0 Å². The number of anilines is 1. The maximum atomic E-state index is 11.2. The number of piperidine rings is 1. The summed E-state index contributed by atoms with van der Waals surface area (Å²) < 4.78 is 0. The molecule has 3 N–H and O–H groups in total. The number of aromatic nitrogens is 5. The van der Waals surface area contributed by atoms with E-state index in [9.17, 15) is 15.0 Å². The maximum absolute atomic E-state index is 11.2. The molecule has 4 heterocycles. The molecule has 1 saturated heterocycles. The molecule has 0 spiro atoms. The topological polar surface area (TPSA) is 128 Å². The van der Waals surface area contributed by atoms with E-state index in [1.165, 1.54) is 5.56 Å². The molecule has 9 heteroatoms. The number of hydrogen-bond donors (Lipinski definition) is 3. The van der Waals surface area contributed by atoms with E-state index >= 15 is 0 Å². The number of phenols is 1. The monoisotopic (exact) mass is 498 g/mol. The highest BCUT2D eigenvalue weighted by molar-refractivity contribution is 5.84. The fourth-order valence-electron chi connectivity index (χ4n) is 5.87. The van der Waals surface area contributed by atoms with Crippen molar-refractivity contribution in [2.24, 2.45) is 5.92 Å². The average Bonchev–Trinajstić information content (AvgIpc) is 3.37. The third-order valence-electron chi connectivity index (χ3n) is 8.07. The van der Waals surface area contributed by atoms with Crippen LogP contribution < -0.4 is 4.90 Å². The molecule has 0 radical (unpaired) electrons. The van der Waals surface area contributed by atoms with Crippen LogP contribution in [0.4, 0.5) is 5.95 Å². The Labute approximate surface area is 214 Å². The molecule has 6 rings (SSSR count). The van der Waals surface area contributed by atoms with Gasteiger partial charge in [-0.25, -0.2) is 9.97 Å². The number of nitrogens with one attached hydrogen (secondary N) is 1. The van der Waals surface area contributed by atoms with E-state index in [4.69, 9.17) is 0 Å². The van der Waals surface area contributed by atoms with Crippen molar-refractivity contribution >= 4 is 23.0 Å². The van der Waals surface area contributed by atoms with Gasteiger partial charge in [0.05, 0.1) is 11.6 Å². The van der Waals surface area contributed by atoms with E-state index in [0.29, 0.717) is 23.1 Å². The van der Waals surface area contributed by atoms with Crippen LogP contribution in [0, 0.1) is 5.92 Å². The number of nitrogens with zero attached hydrogens (tertiary/aromatic N) is 5. The van der Waals surface area contributed by atoms with E-state index in [-0.39, 0.29) is 11.7 Å². The number of aromatic amines is 1. The molecule has 0 amide bonds. The van der Waals surface area contributed by atoms with Gasteiger partial charge in [0.1, 0.15) is 5.75 Å². The minimum atomic E-state index is -0.676. The molecule has 2 aliphatic rings. The number of benzene rings is 1. The Bertz CT molecular complexity index is 1400. The van der Waals surface area contributed by atoms with E-state index in [1.807, 2.05) is 36.8 Å². The van der Waals surface area contributed by atoms with Gasteiger partial charge in [-0.3, -0.25) is 4.79 Å². The molecule has 1 saturated carbocycles. The van der Waals surface area contributed by atoms with Gasteiger partial charge in [-0.2, -0.15) is 0 Å². The van der Waals surface area contributed by atoms with Gasteiger partial charge in [-0.15, -0.1) is 10.2 Å². The number of rotatable bonds is 5. The third kappa shape index (κ3) is 4.61. The van der Waals surface area contributed by atoms with Gasteiger partial charge >= 0.3 is 5.97 Å². The van der Waals surface area contributed by atoms with Crippen molar-refractivity contribution < 1.29 is 15.0 Å². The van der Waals surface area contributed by atoms with Crippen molar-refractivity contribution in [2.45, 2.75) is 50.4 Å². The Balaban J connectivity index is 1.12. The Morgan fingerprint density at radius 3 is 2.38 bits per heavy atom. The first-order valence-corrected chi connectivity index (χ1v) is 13.0. The van der Waals surface area contributed by atoms with E-state index in [1.54, 1.807) is 12.1 Å². The fourth-order valence-corrected chi connectivity index (χ4v) is 5.87. The predicted molar refractivity (Wildman–Crippen MR) is 140 cm³/mol. The normalized spacial score (nSPS) is 20.8. The Morgan fingerprint density at radius 2 is 1.68 bits per heavy atom. The number of carbonyl (C=O) groups is 1. The highest BCUT2D eigenvalue weighted by Gasteiger charge is 2.28. The molecule has 9 nitrogen and oxygen atoms in total. The van der Waals surface area contributed by atoms with Gasteiger partial charge in [0.25, 0.3) is 0 Å². The molecule has 1 aliphatic carbocycles. The lowest BCUT2D eigenvalue weighted by atomic mass is 9.79. The molecular formula is C28H30N6O3. The molecule has 3 aromatic heterocycles. The van der Waals surface area contributed by atoms with Crippen molar-refractivity contribution in [3.8, 4) is 17.0 Å². The molecule has 190 valence electrons. The zero-order valence-corrected chi connectivity index (χ0v) is 20.5. The lowest BCUT2D eigenvalue weighted by molar-refractivity contribution is -0.142. The molecule has 1 aliphatic heterocycles. The molecule has 1 aromatic carbocycles. The summed E-state index contributed by atoms with van der Waals surface area (Å²) in [6, 6.07) is 9.20. The fraction of sp³-hybridized carbons (Fsp3) is 0.393. The number of H-pyrrole nitrogens is 1.